The Morgan fingerprint density at radius 2 is 2.26 bits per heavy atom. The molecule has 0 saturated heterocycles. The van der Waals surface area contributed by atoms with E-state index >= 15 is 0 Å². The normalized spacial score (nSPS) is 15.2. The Kier molecular flexibility index (Phi) is 2.93. The summed E-state index contributed by atoms with van der Waals surface area (Å²) in [7, 11) is 1.60. The zero-order valence-corrected chi connectivity index (χ0v) is 12.0. The van der Waals surface area contributed by atoms with Crippen LogP contribution >= 0.6 is 15.9 Å². The first-order chi connectivity index (χ1) is 9.08. The maximum atomic E-state index is 12.0. The van der Waals surface area contributed by atoms with Gasteiger partial charge in [0.2, 0.25) is 0 Å². The minimum Gasteiger partial charge on any atom is -0.309 e. The molecule has 2 aromatic heterocycles. The van der Waals surface area contributed by atoms with Gasteiger partial charge >= 0.3 is 5.69 Å². The number of aromatic amines is 1. The number of allylic oxidation sites excluding steroid dienone is 2. The third-order valence-electron chi connectivity index (χ3n) is 3.46. The van der Waals surface area contributed by atoms with Gasteiger partial charge in [0.05, 0.1) is 0 Å². The first-order valence-corrected chi connectivity index (χ1v) is 6.90. The van der Waals surface area contributed by atoms with E-state index in [4.69, 9.17) is 0 Å². The van der Waals surface area contributed by atoms with Crippen molar-refractivity contribution < 1.29 is 0 Å². The van der Waals surface area contributed by atoms with E-state index in [0.717, 1.165) is 19.3 Å². The minimum atomic E-state index is -0.449. The van der Waals surface area contributed by atoms with E-state index in [1.165, 1.54) is 10.1 Å². The monoisotopic (exact) mass is 324 g/mol. The number of hydrogen-bond donors (Lipinski definition) is 1. The summed E-state index contributed by atoms with van der Waals surface area (Å²) < 4.78 is 3.73. The van der Waals surface area contributed by atoms with Crippen molar-refractivity contribution in [3.05, 3.63) is 37.2 Å². The predicted molar refractivity (Wildman–Crippen MR) is 75.2 cm³/mol. The molecule has 0 bridgehead atoms. The van der Waals surface area contributed by atoms with Crippen molar-refractivity contribution in [2.45, 2.75) is 25.8 Å². The molecular weight excluding hydrogens is 312 g/mol. The largest absolute Gasteiger partial charge is 0.329 e. The SMILES string of the molecule is Cn1c(=O)[nH]c(=O)c2c1nc(Br)n2CC1=CCCC1. The number of nitrogens with one attached hydrogen (secondary N) is 1. The molecule has 0 aliphatic heterocycles. The molecule has 7 heteroatoms. The number of hydrogen-bond acceptors (Lipinski definition) is 3. The van der Waals surface area contributed by atoms with Gasteiger partial charge in [0.25, 0.3) is 5.56 Å². The highest BCUT2D eigenvalue weighted by Gasteiger charge is 2.17. The Morgan fingerprint density at radius 3 is 2.95 bits per heavy atom. The summed E-state index contributed by atoms with van der Waals surface area (Å²) in [5.74, 6) is 0. The van der Waals surface area contributed by atoms with Crippen molar-refractivity contribution in [3.8, 4) is 0 Å². The van der Waals surface area contributed by atoms with E-state index in [2.05, 4.69) is 32.0 Å². The van der Waals surface area contributed by atoms with Gasteiger partial charge in [-0.2, -0.15) is 0 Å². The van der Waals surface area contributed by atoms with E-state index in [-0.39, 0.29) is 0 Å². The smallest absolute Gasteiger partial charge is 0.309 e. The fourth-order valence-corrected chi connectivity index (χ4v) is 2.91. The number of fused-ring (bicyclic) bond motifs is 1. The lowest BCUT2D eigenvalue weighted by Gasteiger charge is -2.06. The van der Waals surface area contributed by atoms with Crippen molar-refractivity contribution in [2.75, 3.05) is 0 Å². The lowest BCUT2D eigenvalue weighted by atomic mass is 10.2. The average Bonchev–Trinajstić information content (AvgIpc) is 2.96. The topological polar surface area (TPSA) is 72.7 Å². The fraction of sp³-hybridized carbons (Fsp3) is 0.417. The van der Waals surface area contributed by atoms with Gasteiger partial charge in [-0.3, -0.25) is 14.3 Å². The molecule has 0 saturated carbocycles. The highest BCUT2D eigenvalue weighted by atomic mass is 79.9. The third-order valence-corrected chi connectivity index (χ3v) is 4.06. The van der Waals surface area contributed by atoms with Gasteiger partial charge in [-0.25, -0.2) is 9.78 Å². The summed E-state index contributed by atoms with van der Waals surface area (Å²) in [6.45, 7) is 0.637. The van der Waals surface area contributed by atoms with Crippen LogP contribution in [-0.2, 0) is 13.6 Å². The second kappa shape index (κ2) is 4.48. The Balaban J connectivity index is 2.24. The van der Waals surface area contributed by atoms with Gasteiger partial charge in [0.1, 0.15) is 0 Å². The standard InChI is InChI=1S/C12H13BrN4O2/c1-16-9-8(10(18)15-12(16)19)17(11(13)14-9)6-7-4-2-3-5-7/h4H,2-3,5-6H2,1H3,(H,15,18,19). The summed E-state index contributed by atoms with van der Waals surface area (Å²) in [4.78, 5) is 30.1. The van der Waals surface area contributed by atoms with Gasteiger partial charge in [-0.05, 0) is 35.2 Å². The van der Waals surface area contributed by atoms with Crippen LogP contribution in [0.15, 0.2) is 26.0 Å². The third kappa shape index (κ3) is 1.98. The van der Waals surface area contributed by atoms with Crippen LogP contribution < -0.4 is 11.2 Å². The molecular formula is C12H13BrN4O2. The number of nitrogens with zero attached hydrogens (tertiary/aromatic N) is 3. The van der Waals surface area contributed by atoms with Crippen LogP contribution in [0.2, 0.25) is 0 Å². The van der Waals surface area contributed by atoms with E-state index in [1.54, 1.807) is 7.05 Å². The molecule has 0 unspecified atom stereocenters. The van der Waals surface area contributed by atoms with E-state index < -0.39 is 11.2 Å². The van der Waals surface area contributed by atoms with Crippen LogP contribution in [-0.4, -0.2) is 19.1 Å². The van der Waals surface area contributed by atoms with Crippen LogP contribution in [0.25, 0.3) is 11.2 Å². The van der Waals surface area contributed by atoms with Gasteiger partial charge in [-0.1, -0.05) is 11.6 Å². The molecule has 2 heterocycles. The highest BCUT2D eigenvalue weighted by Crippen LogP contribution is 2.23. The van der Waals surface area contributed by atoms with Gasteiger partial charge in [0.15, 0.2) is 15.9 Å². The molecule has 0 aromatic carbocycles. The van der Waals surface area contributed by atoms with Crippen molar-refractivity contribution in [1.82, 2.24) is 19.1 Å². The number of aryl methyl sites for hydroxylation is 1. The molecule has 0 radical (unpaired) electrons. The lowest BCUT2D eigenvalue weighted by Crippen LogP contribution is -2.29. The molecule has 1 N–H and O–H groups in total. The maximum Gasteiger partial charge on any atom is 0.329 e. The molecule has 1 aliphatic carbocycles. The van der Waals surface area contributed by atoms with Crippen LogP contribution in [0.1, 0.15) is 19.3 Å². The Labute approximate surface area is 116 Å². The maximum absolute atomic E-state index is 12.0. The van der Waals surface area contributed by atoms with Crippen molar-refractivity contribution in [1.29, 1.82) is 0 Å². The van der Waals surface area contributed by atoms with Crippen molar-refractivity contribution in [2.24, 2.45) is 7.05 Å². The number of H-pyrrole nitrogens is 1. The second-order valence-electron chi connectivity index (χ2n) is 4.71. The van der Waals surface area contributed by atoms with Gasteiger partial charge in [0, 0.05) is 13.6 Å². The average molecular weight is 325 g/mol. The Bertz CT molecular complexity index is 796. The Morgan fingerprint density at radius 1 is 1.47 bits per heavy atom. The predicted octanol–water partition coefficient (Wildman–Crippen LogP) is 1.30. The van der Waals surface area contributed by atoms with E-state index in [0.29, 0.717) is 22.4 Å². The summed E-state index contributed by atoms with van der Waals surface area (Å²) in [5, 5.41) is 0. The number of halogens is 1. The molecule has 0 amide bonds. The van der Waals surface area contributed by atoms with E-state index in [9.17, 15) is 9.59 Å². The molecule has 100 valence electrons. The number of aromatic nitrogens is 4. The molecule has 0 fully saturated rings. The lowest BCUT2D eigenvalue weighted by molar-refractivity contribution is 0.748. The van der Waals surface area contributed by atoms with Crippen molar-refractivity contribution in [3.63, 3.8) is 0 Å². The summed E-state index contributed by atoms with van der Waals surface area (Å²) >= 11 is 3.37. The minimum absolute atomic E-state index is 0.394. The van der Waals surface area contributed by atoms with Gasteiger partial charge < -0.3 is 4.57 Å². The number of imidazole rings is 1. The zero-order valence-electron chi connectivity index (χ0n) is 10.4. The molecule has 6 nitrogen and oxygen atoms in total. The Hall–Kier alpha value is -1.63. The number of rotatable bonds is 2. The van der Waals surface area contributed by atoms with Crippen LogP contribution in [0.5, 0.6) is 0 Å². The van der Waals surface area contributed by atoms with Crippen LogP contribution in [0.4, 0.5) is 0 Å². The van der Waals surface area contributed by atoms with Crippen LogP contribution in [0.3, 0.4) is 0 Å². The van der Waals surface area contributed by atoms with Gasteiger partial charge in [-0.15, -0.1) is 0 Å². The van der Waals surface area contributed by atoms with E-state index in [1.807, 2.05) is 4.57 Å². The zero-order chi connectivity index (χ0) is 13.6. The molecule has 19 heavy (non-hydrogen) atoms. The quantitative estimate of drug-likeness (QED) is 0.668. The molecule has 3 rings (SSSR count). The molecule has 0 atom stereocenters. The molecule has 1 aliphatic rings. The van der Waals surface area contributed by atoms with Crippen LogP contribution in [0, 0.1) is 0 Å². The first kappa shape index (κ1) is 12.4. The molecule has 2 aromatic rings. The summed E-state index contributed by atoms with van der Waals surface area (Å²) in [5.41, 5.74) is 1.29. The second-order valence-corrected chi connectivity index (χ2v) is 5.42. The summed E-state index contributed by atoms with van der Waals surface area (Å²) in [6, 6.07) is 0. The fourth-order valence-electron chi connectivity index (χ4n) is 2.44. The summed E-state index contributed by atoms with van der Waals surface area (Å²) in [6.07, 6.45) is 5.51. The highest BCUT2D eigenvalue weighted by molar-refractivity contribution is 9.10. The molecule has 0 spiro atoms. The first-order valence-electron chi connectivity index (χ1n) is 6.11. The van der Waals surface area contributed by atoms with Crippen molar-refractivity contribution >= 4 is 27.1 Å².